The zero-order valence-corrected chi connectivity index (χ0v) is 19.8. The standard InChI is InChI=1S/C28H46O/c1-19(21(3)18-29)9-10-20(2)24-13-14-25-23-12-11-22-8-6-7-16-27(22,4)26(23)15-17-28(24,25)5/h11-12,19-21,24-26,29H,6-10,13-18H2,1-5H3/t19-,20+,21?,24+,25-,26-,27-,28+/m0/s1. The van der Waals surface area contributed by atoms with Crippen molar-refractivity contribution in [2.75, 3.05) is 6.61 Å². The van der Waals surface area contributed by atoms with Crippen LogP contribution >= 0.6 is 0 Å². The second-order valence-electron chi connectivity index (χ2n) is 12.0. The van der Waals surface area contributed by atoms with Crippen molar-refractivity contribution in [2.24, 2.45) is 46.3 Å². The molecule has 1 heteroatoms. The van der Waals surface area contributed by atoms with Crippen LogP contribution in [0.4, 0.5) is 0 Å². The van der Waals surface area contributed by atoms with Gasteiger partial charge in [-0.05, 0) is 91.3 Å². The van der Waals surface area contributed by atoms with Gasteiger partial charge in [-0.15, -0.1) is 0 Å². The van der Waals surface area contributed by atoms with Crippen LogP contribution in [-0.4, -0.2) is 11.7 Å². The summed E-state index contributed by atoms with van der Waals surface area (Å²) in [5.41, 5.74) is 4.62. The monoisotopic (exact) mass is 398 g/mol. The Kier molecular flexibility index (Phi) is 6.11. The number of aliphatic hydroxyl groups excluding tert-OH is 1. The van der Waals surface area contributed by atoms with Gasteiger partial charge in [-0.1, -0.05) is 77.2 Å². The van der Waals surface area contributed by atoms with Crippen molar-refractivity contribution in [1.82, 2.24) is 0 Å². The van der Waals surface area contributed by atoms with Crippen molar-refractivity contribution < 1.29 is 5.11 Å². The molecule has 0 spiro atoms. The number of allylic oxidation sites excluding steroid dienone is 4. The molecule has 0 saturated heterocycles. The number of fused-ring (bicyclic) bond motifs is 5. The zero-order chi connectivity index (χ0) is 20.8. The fraction of sp³-hybridized carbons (Fsp3) is 0.857. The van der Waals surface area contributed by atoms with Gasteiger partial charge in [0.25, 0.3) is 0 Å². The van der Waals surface area contributed by atoms with Gasteiger partial charge in [0, 0.05) is 6.61 Å². The van der Waals surface area contributed by atoms with Crippen molar-refractivity contribution in [1.29, 1.82) is 0 Å². The van der Waals surface area contributed by atoms with Gasteiger partial charge in [0.1, 0.15) is 0 Å². The van der Waals surface area contributed by atoms with Gasteiger partial charge in [-0.25, -0.2) is 0 Å². The Morgan fingerprint density at radius 2 is 1.72 bits per heavy atom. The van der Waals surface area contributed by atoms with Crippen molar-refractivity contribution in [3.05, 3.63) is 23.3 Å². The lowest BCUT2D eigenvalue weighted by Gasteiger charge is -2.54. The Morgan fingerprint density at radius 1 is 0.931 bits per heavy atom. The highest BCUT2D eigenvalue weighted by Gasteiger charge is 2.56. The first kappa shape index (κ1) is 21.7. The van der Waals surface area contributed by atoms with Gasteiger partial charge >= 0.3 is 0 Å². The summed E-state index contributed by atoms with van der Waals surface area (Å²) in [5, 5.41) is 9.48. The van der Waals surface area contributed by atoms with E-state index in [-0.39, 0.29) is 0 Å². The Labute approximate surface area is 180 Å². The highest BCUT2D eigenvalue weighted by atomic mass is 16.3. The molecular weight excluding hydrogens is 352 g/mol. The molecule has 1 unspecified atom stereocenters. The second-order valence-corrected chi connectivity index (χ2v) is 12.0. The highest BCUT2D eigenvalue weighted by molar-refractivity contribution is 5.38. The van der Waals surface area contributed by atoms with Gasteiger partial charge in [0.2, 0.25) is 0 Å². The number of aliphatic hydroxyl groups is 1. The molecule has 0 radical (unpaired) electrons. The lowest BCUT2D eigenvalue weighted by molar-refractivity contribution is 0.0462. The maximum atomic E-state index is 9.48. The molecule has 3 saturated carbocycles. The molecule has 0 aromatic heterocycles. The maximum absolute atomic E-state index is 9.48. The van der Waals surface area contributed by atoms with Crippen molar-refractivity contribution in [2.45, 2.75) is 98.8 Å². The minimum Gasteiger partial charge on any atom is -0.396 e. The number of hydrogen-bond acceptors (Lipinski definition) is 1. The number of rotatable bonds is 6. The first-order valence-corrected chi connectivity index (χ1v) is 12.8. The van der Waals surface area contributed by atoms with Crippen LogP contribution in [0.25, 0.3) is 0 Å². The largest absolute Gasteiger partial charge is 0.396 e. The van der Waals surface area contributed by atoms with Crippen molar-refractivity contribution in [3.63, 3.8) is 0 Å². The van der Waals surface area contributed by atoms with Crippen LogP contribution in [0, 0.1) is 46.3 Å². The average molecular weight is 399 g/mol. The minimum absolute atomic E-state index is 0.336. The normalized spacial score (nSPS) is 42.1. The highest BCUT2D eigenvalue weighted by Crippen LogP contribution is 2.66. The Morgan fingerprint density at radius 3 is 2.48 bits per heavy atom. The van der Waals surface area contributed by atoms with E-state index in [1.165, 1.54) is 64.2 Å². The Bertz CT molecular complexity index is 659. The summed E-state index contributed by atoms with van der Waals surface area (Å²) < 4.78 is 0. The number of hydrogen-bond donors (Lipinski definition) is 1. The van der Waals surface area contributed by atoms with Crippen LogP contribution in [0.15, 0.2) is 23.3 Å². The topological polar surface area (TPSA) is 20.2 Å². The molecule has 0 heterocycles. The van der Waals surface area contributed by atoms with E-state index in [4.69, 9.17) is 0 Å². The third-order valence-corrected chi connectivity index (χ3v) is 10.6. The molecule has 0 aliphatic heterocycles. The van der Waals surface area contributed by atoms with Crippen molar-refractivity contribution in [3.8, 4) is 0 Å². The SMILES string of the molecule is CC(CO)[C@@H](C)CC[C@@H](C)[C@H]1CC[C@H]2C3=CC=C4CCCC[C@]4(C)[C@H]3CC[C@]12C. The second kappa shape index (κ2) is 8.18. The predicted molar refractivity (Wildman–Crippen MR) is 124 cm³/mol. The lowest BCUT2D eigenvalue weighted by atomic mass is 9.50. The van der Waals surface area contributed by atoms with Crippen LogP contribution in [0.2, 0.25) is 0 Å². The van der Waals surface area contributed by atoms with E-state index in [0.29, 0.717) is 29.3 Å². The minimum atomic E-state index is 0.336. The summed E-state index contributed by atoms with van der Waals surface area (Å²) in [6, 6.07) is 0. The van der Waals surface area contributed by atoms with Crippen LogP contribution in [0.1, 0.15) is 98.8 Å². The maximum Gasteiger partial charge on any atom is 0.0459 e. The third kappa shape index (κ3) is 3.58. The molecule has 0 aromatic rings. The van der Waals surface area contributed by atoms with Gasteiger partial charge in [0.15, 0.2) is 0 Å². The van der Waals surface area contributed by atoms with E-state index in [9.17, 15) is 5.11 Å². The fourth-order valence-electron chi connectivity index (χ4n) is 8.20. The summed E-state index contributed by atoms with van der Waals surface area (Å²) >= 11 is 0. The van der Waals surface area contributed by atoms with Gasteiger partial charge in [-0.3, -0.25) is 0 Å². The summed E-state index contributed by atoms with van der Waals surface area (Å²) in [6.07, 6.45) is 19.1. The van der Waals surface area contributed by atoms with Crippen LogP contribution in [0.5, 0.6) is 0 Å². The Balaban J connectivity index is 1.49. The molecule has 0 aromatic carbocycles. The smallest absolute Gasteiger partial charge is 0.0459 e. The van der Waals surface area contributed by atoms with Gasteiger partial charge in [0.05, 0.1) is 0 Å². The molecule has 3 fully saturated rings. The summed E-state index contributed by atoms with van der Waals surface area (Å²) in [4.78, 5) is 0. The van der Waals surface area contributed by atoms with Gasteiger partial charge in [-0.2, -0.15) is 0 Å². The first-order valence-electron chi connectivity index (χ1n) is 12.8. The average Bonchev–Trinajstić information content (AvgIpc) is 3.08. The third-order valence-electron chi connectivity index (χ3n) is 10.6. The molecule has 29 heavy (non-hydrogen) atoms. The van der Waals surface area contributed by atoms with E-state index in [2.05, 4.69) is 46.8 Å². The molecule has 4 aliphatic rings. The van der Waals surface area contributed by atoms with E-state index >= 15 is 0 Å². The van der Waals surface area contributed by atoms with Crippen LogP contribution in [0.3, 0.4) is 0 Å². The molecule has 1 N–H and O–H groups in total. The molecule has 4 aliphatic carbocycles. The summed E-state index contributed by atoms with van der Waals surface area (Å²) in [6.45, 7) is 12.7. The quantitative estimate of drug-likeness (QED) is 0.489. The molecular formula is C28H46O. The zero-order valence-electron chi connectivity index (χ0n) is 19.8. The Hall–Kier alpha value is -0.560. The molecule has 1 nitrogen and oxygen atoms in total. The molecule has 8 atom stereocenters. The molecule has 0 bridgehead atoms. The van der Waals surface area contributed by atoms with E-state index in [1.807, 2.05) is 5.57 Å². The van der Waals surface area contributed by atoms with Gasteiger partial charge < -0.3 is 5.11 Å². The van der Waals surface area contributed by atoms with E-state index < -0.39 is 0 Å². The predicted octanol–water partition coefficient (Wildman–Crippen LogP) is 7.56. The van der Waals surface area contributed by atoms with E-state index in [0.717, 1.165) is 23.7 Å². The molecule has 164 valence electrons. The first-order chi connectivity index (χ1) is 13.8. The fourth-order valence-corrected chi connectivity index (χ4v) is 8.20. The van der Waals surface area contributed by atoms with E-state index in [1.54, 1.807) is 5.57 Å². The summed E-state index contributed by atoms with van der Waals surface area (Å²) in [7, 11) is 0. The summed E-state index contributed by atoms with van der Waals surface area (Å²) in [5.74, 6) is 4.44. The van der Waals surface area contributed by atoms with Crippen molar-refractivity contribution >= 4 is 0 Å². The molecule has 4 rings (SSSR count). The van der Waals surface area contributed by atoms with Crippen LogP contribution in [-0.2, 0) is 0 Å². The van der Waals surface area contributed by atoms with Crippen LogP contribution < -0.4 is 0 Å². The molecule has 0 amide bonds. The lowest BCUT2D eigenvalue weighted by Crippen LogP contribution is -2.45.